The van der Waals surface area contributed by atoms with Gasteiger partial charge in [-0.25, -0.2) is 13.1 Å². The fraction of sp³-hybridized carbons (Fsp3) is 0.500. The highest BCUT2D eigenvalue weighted by atomic mass is 32.2. The van der Waals surface area contributed by atoms with Crippen LogP contribution in [0.15, 0.2) is 83.9 Å². The van der Waals surface area contributed by atoms with Crippen molar-refractivity contribution in [3.05, 3.63) is 106 Å². The van der Waals surface area contributed by atoms with Crippen LogP contribution < -0.4 is 24.6 Å². The van der Waals surface area contributed by atoms with Crippen molar-refractivity contribution in [3.8, 4) is 5.88 Å². The van der Waals surface area contributed by atoms with E-state index in [4.69, 9.17) is 19.2 Å². The highest BCUT2D eigenvalue weighted by Crippen LogP contribution is 2.54. The number of fused-ring (bicyclic) bond motifs is 3. The van der Waals surface area contributed by atoms with Crippen LogP contribution in [0, 0.1) is 27.4 Å². The van der Waals surface area contributed by atoms with Gasteiger partial charge in [-0.1, -0.05) is 38.1 Å². The molecule has 5 fully saturated rings. The maximum atomic E-state index is 14.6. The zero-order valence-electron chi connectivity index (χ0n) is 39.4. The number of nitrogens with one attached hydrogen (secondary N) is 3. The van der Waals surface area contributed by atoms with Crippen molar-refractivity contribution in [3.63, 3.8) is 0 Å². The van der Waals surface area contributed by atoms with Gasteiger partial charge >= 0.3 is 0 Å². The van der Waals surface area contributed by atoms with Crippen molar-refractivity contribution in [2.45, 2.75) is 94.2 Å². The van der Waals surface area contributed by atoms with Crippen LogP contribution in [0.5, 0.6) is 5.88 Å². The first-order chi connectivity index (χ1) is 33.4. The van der Waals surface area contributed by atoms with E-state index in [0.29, 0.717) is 85.8 Å². The molecule has 1 spiro atoms. The lowest BCUT2D eigenvalue weighted by molar-refractivity contribution is -0.384. The fourth-order valence-corrected chi connectivity index (χ4v) is 13.1. The largest absolute Gasteiger partial charge is 0.470 e. The molecule has 1 saturated carbocycles. The molecule has 5 aromatic rings. The summed E-state index contributed by atoms with van der Waals surface area (Å²) in [5, 5.41) is 16.3. The number of benzene rings is 3. The summed E-state index contributed by atoms with van der Waals surface area (Å²) < 4.78 is 48.4. The molecule has 0 radical (unpaired) electrons. The molecule has 1 amide bonds. The van der Waals surface area contributed by atoms with Crippen LogP contribution in [0.2, 0.25) is 0 Å². The summed E-state index contributed by atoms with van der Waals surface area (Å²) in [4.78, 5) is 41.2. The average Bonchev–Trinajstić information content (AvgIpc) is 4.12. The number of nitro groups is 1. The molecule has 5 aliphatic heterocycles. The maximum Gasteiger partial charge on any atom is 0.293 e. The lowest BCUT2D eigenvalue weighted by Crippen LogP contribution is -2.55. The molecule has 2 aromatic heterocycles. The molecule has 6 aliphatic rings. The van der Waals surface area contributed by atoms with Gasteiger partial charge in [0, 0.05) is 80.7 Å². The average molecular weight is 959 g/mol. The second kappa shape index (κ2) is 18.5. The number of carbonyl (C=O) groups is 1. The van der Waals surface area contributed by atoms with Gasteiger partial charge in [0.1, 0.15) is 23.1 Å². The van der Waals surface area contributed by atoms with E-state index in [0.717, 1.165) is 62.5 Å². The van der Waals surface area contributed by atoms with Crippen LogP contribution in [0.3, 0.4) is 0 Å². The quantitative estimate of drug-likeness (QED) is 0.0798. The third-order valence-corrected chi connectivity index (χ3v) is 17.3. The number of aromatic amines is 1. The lowest BCUT2D eigenvalue weighted by Gasteiger charge is -2.56. The Morgan fingerprint density at radius 1 is 0.957 bits per heavy atom. The van der Waals surface area contributed by atoms with Gasteiger partial charge in [0.05, 0.1) is 34.3 Å². The number of likely N-dealkylation sites (tertiary alicyclic amines) is 1. The number of pyridine rings is 1. The summed E-state index contributed by atoms with van der Waals surface area (Å²) >= 11 is 0. The number of ether oxygens (including phenoxy) is 3. The van der Waals surface area contributed by atoms with Crippen molar-refractivity contribution in [1.82, 2.24) is 19.6 Å². The molecule has 16 nitrogen and oxygen atoms in total. The number of carbonyl (C=O) groups excluding carboxylic acids is 1. The predicted molar refractivity (Wildman–Crippen MR) is 264 cm³/mol. The number of H-pyrrole nitrogens is 1. The number of piperidine rings is 1. The summed E-state index contributed by atoms with van der Waals surface area (Å²) in [6.45, 7) is 10.5. The Bertz CT molecular complexity index is 2850. The molecule has 3 aromatic carbocycles. The number of nitro benzene ring substituents is 1. The van der Waals surface area contributed by atoms with Gasteiger partial charge in [-0.2, -0.15) is 4.98 Å². The first kappa shape index (κ1) is 45.7. The zero-order chi connectivity index (χ0) is 47.4. The Morgan fingerprint density at radius 3 is 2.57 bits per heavy atom. The van der Waals surface area contributed by atoms with Gasteiger partial charge in [0.2, 0.25) is 5.88 Å². The Morgan fingerprint density at radius 2 is 1.77 bits per heavy atom. The molecule has 17 heteroatoms. The van der Waals surface area contributed by atoms with Crippen molar-refractivity contribution in [2.75, 3.05) is 74.3 Å². The number of hydrogen-bond acceptors (Lipinski definition) is 13. The molecule has 3 N–H and O–H groups in total. The van der Waals surface area contributed by atoms with Crippen LogP contribution >= 0.6 is 0 Å². The standard InChI is InChI=1S/C52H62N8O8S/c1-33(2)40-6-3-4-7-41(40)44-8-5-19-58(44)38-27-52(28-38)16-20-57(21-17-52)37-9-11-42(45(25-37)59-30-36-31-67-32-48(36)68-51-47(59)24-35-13-18-53-49(35)55-51)50(61)56-69(64,65)39-10-12-43(46(26-39)60(62)63)54-29-34-14-22-66-23-15-34/h3-4,6-7,9-13,18,24-26,33-34,36,38,44,48,54H,5,8,14-17,19-23,27-32H2,1-2H3,(H,53,55)(H,56,61)/t36-,44+,48-/m1/s1. The molecular formula is C52H62N8O8S. The molecule has 7 heterocycles. The van der Waals surface area contributed by atoms with E-state index in [1.54, 1.807) is 6.07 Å². The highest BCUT2D eigenvalue weighted by Gasteiger charge is 2.50. The number of hydrogen-bond donors (Lipinski definition) is 3. The summed E-state index contributed by atoms with van der Waals surface area (Å²) in [6.07, 6.45) is 10.2. The van der Waals surface area contributed by atoms with Gasteiger partial charge in [-0.3, -0.25) is 19.8 Å². The lowest BCUT2D eigenvalue weighted by atomic mass is 9.59. The van der Waals surface area contributed by atoms with Crippen LogP contribution in [0.25, 0.3) is 11.0 Å². The number of rotatable bonds is 12. The Hall–Kier alpha value is -5.75. The number of aromatic nitrogens is 2. The van der Waals surface area contributed by atoms with Gasteiger partial charge in [0.25, 0.3) is 21.6 Å². The van der Waals surface area contributed by atoms with Crippen molar-refractivity contribution < 1.29 is 32.3 Å². The monoisotopic (exact) mass is 958 g/mol. The number of anilines is 4. The van der Waals surface area contributed by atoms with Crippen molar-refractivity contribution in [2.24, 2.45) is 17.3 Å². The minimum absolute atomic E-state index is 0.0737. The summed E-state index contributed by atoms with van der Waals surface area (Å²) in [5.74, 6) is 0.213. The molecule has 4 saturated heterocycles. The summed E-state index contributed by atoms with van der Waals surface area (Å²) in [5.41, 5.74) is 5.94. The fourth-order valence-electron chi connectivity index (χ4n) is 12.1. The molecule has 0 unspecified atom stereocenters. The van der Waals surface area contributed by atoms with Gasteiger partial charge < -0.3 is 34.3 Å². The van der Waals surface area contributed by atoms with E-state index in [-0.39, 0.29) is 29.2 Å². The Kier molecular flexibility index (Phi) is 12.3. The number of amides is 1. The summed E-state index contributed by atoms with van der Waals surface area (Å²) in [6, 6.07) is 23.3. The summed E-state index contributed by atoms with van der Waals surface area (Å²) in [7, 11) is -4.58. The minimum atomic E-state index is -4.58. The molecule has 1 aliphatic carbocycles. The Balaban J connectivity index is 0.867. The molecule has 364 valence electrons. The first-order valence-electron chi connectivity index (χ1n) is 24.8. The zero-order valence-corrected chi connectivity index (χ0v) is 40.2. The van der Waals surface area contributed by atoms with Crippen LogP contribution in [-0.4, -0.2) is 105 Å². The van der Waals surface area contributed by atoms with Gasteiger partial charge in [0.15, 0.2) is 0 Å². The Labute approximate surface area is 403 Å². The van der Waals surface area contributed by atoms with E-state index in [1.807, 2.05) is 35.4 Å². The predicted octanol–water partition coefficient (Wildman–Crippen LogP) is 8.68. The molecule has 3 atom stereocenters. The normalized spacial score (nSPS) is 23.1. The van der Waals surface area contributed by atoms with Gasteiger partial charge in [-0.05, 0) is 129 Å². The number of sulfonamides is 1. The first-order valence-corrected chi connectivity index (χ1v) is 26.3. The maximum absolute atomic E-state index is 14.6. The highest BCUT2D eigenvalue weighted by molar-refractivity contribution is 7.90. The third-order valence-electron chi connectivity index (χ3n) is 16.0. The SMILES string of the molecule is CC(C)c1ccccc1[C@@H]1CCCN1C1CC2(CCN(c3ccc(C(=O)NS(=O)(=O)c4ccc(NCC5CCOCC5)c([N+](=O)[O-])c4)c(N4C[C@@H]5COC[C@H]5Oc5nc6[nH]ccc6cc54)c3)CC2)C1. The molecule has 11 rings (SSSR count). The van der Waals surface area contributed by atoms with Crippen molar-refractivity contribution >= 4 is 55.4 Å². The second-order valence-corrected chi connectivity index (χ2v) is 22.2. The second-order valence-electron chi connectivity index (χ2n) is 20.5. The molecular weight excluding hydrogens is 897 g/mol. The minimum Gasteiger partial charge on any atom is -0.470 e. The van der Waals surface area contributed by atoms with E-state index in [1.165, 1.54) is 48.9 Å². The van der Waals surface area contributed by atoms with Crippen LogP contribution in [-0.2, 0) is 19.5 Å². The van der Waals surface area contributed by atoms with Crippen LogP contribution in [0.1, 0.15) is 98.7 Å². The number of nitrogens with zero attached hydrogens (tertiary/aromatic N) is 5. The van der Waals surface area contributed by atoms with Crippen LogP contribution in [0.4, 0.5) is 28.4 Å². The van der Waals surface area contributed by atoms with E-state index in [9.17, 15) is 23.3 Å². The van der Waals surface area contributed by atoms with E-state index >= 15 is 0 Å². The van der Waals surface area contributed by atoms with E-state index in [2.05, 4.69) is 62.9 Å². The van der Waals surface area contributed by atoms with Crippen molar-refractivity contribution in [1.29, 1.82) is 0 Å². The van der Waals surface area contributed by atoms with Gasteiger partial charge in [-0.15, -0.1) is 0 Å². The molecule has 0 bridgehead atoms. The topological polar surface area (TPSA) is 184 Å². The third kappa shape index (κ3) is 8.91. The molecule has 69 heavy (non-hydrogen) atoms. The smallest absolute Gasteiger partial charge is 0.293 e. The van der Waals surface area contributed by atoms with E-state index < -0.39 is 31.4 Å².